The predicted octanol–water partition coefficient (Wildman–Crippen LogP) is 0.921. The lowest BCUT2D eigenvalue weighted by Gasteiger charge is -2.15. The van der Waals surface area contributed by atoms with Crippen molar-refractivity contribution < 1.29 is 4.79 Å². The average Bonchev–Trinajstić information content (AvgIpc) is 2.06. The van der Waals surface area contributed by atoms with Gasteiger partial charge in [0.1, 0.15) is 0 Å². The summed E-state index contributed by atoms with van der Waals surface area (Å²) < 4.78 is 0. The smallest absolute Gasteiger partial charge is 0.206 e. The van der Waals surface area contributed by atoms with E-state index in [4.69, 9.17) is 6.42 Å². The Kier molecular flexibility index (Phi) is 5.50. The van der Waals surface area contributed by atoms with Crippen molar-refractivity contribution in [2.24, 2.45) is 0 Å². The van der Waals surface area contributed by atoms with Crippen LogP contribution in [0.1, 0.15) is 20.3 Å². The zero-order chi connectivity index (χ0) is 8.69. The number of carbonyl (C=O) groups is 1. The lowest BCUT2D eigenvalue weighted by atomic mass is 10.3. The number of rotatable bonds is 5. The summed E-state index contributed by atoms with van der Waals surface area (Å²) in [5.41, 5.74) is 0. The monoisotopic (exact) mass is 153 g/mol. The van der Waals surface area contributed by atoms with Gasteiger partial charge in [0.25, 0.3) is 0 Å². The van der Waals surface area contributed by atoms with Gasteiger partial charge >= 0.3 is 0 Å². The standard InChI is InChI=1S/C9H15NO/c1-4-9(11)7-8-10(5-2)6-3/h1H,5-8H2,2-3H3. The van der Waals surface area contributed by atoms with Gasteiger partial charge in [0, 0.05) is 13.0 Å². The molecule has 11 heavy (non-hydrogen) atoms. The van der Waals surface area contributed by atoms with Crippen molar-refractivity contribution in [2.45, 2.75) is 20.3 Å². The molecule has 62 valence electrons. The maximum Gasteiger partial charge on any atom is 0.206 e. The molecule has 0 spiro atoms. The molecule has 0 heterocycles. The Hall–Kier alpha value is -0.810. The number of nitrogens with zero attached hydrogens (tertiary/aromatic N) is 1. The topological polar surface area (TPSA) is 20.3 Å². The molecule has 0 aliphatic heterocycles. The van der Waals surface area contributed by atoms with Crippen LogP contribution in [0.4, 0.5) is 0 Å². The highest BCUT2D eigenvalue weighted by Gasteiger charge is 2.01. The minimum Gasteiger partial charge on any atom is -0.303 e. The number of ketones is 1. The summed E-state index contributed by atoms with van der Waals surface area (Å²) in [6.07, 6.45) is 5.41. The average molecular weight is 153 g/mol. The van der Waals surface area contributed by atoms with Crippen LogP contribution < -0.4 is 0 Å². The molecule has 0 aromatic carbocycles. The first kappa shape index (κ1) is 10.2. The molecule has 0 aliphatic carbocycles. The van der Waals surface area contributed by atoms with Gasteiger partial charge in [0.2, 0.25) is 5.78 Å². The second-order valence-corrected chi connectivity index (χ2v) is 2.34. The maximum atomic E-state index is 10.7. The first-order valence-corrected chi connectivity index (χ1v) is 3.96. The lowest BCUT2D eigenvalue weighted by Crippen LogP contribution is -2.25. The van der Waals surface area contributed by atoms with E-state index in [0.29, 0.717) is 6.42 Å². The summed E-state index contributed by atoms with van der Waals surface area (Å²) in [6.45, 7) is 6.90. The van der Waals surface area contributed by atoms with Gasteiger partial charge in [0.15, 0.2) is 0 Å². The van der Waals surface area contributed by atoms with Crippen LogP contribution in [0.3, 0.4) is 0 Å². The molecule has 0 aromatic rings. The molecular formula is C9H15NO. The largest absolute Gasteiger partial charge is 0.303 e. The Morgan fingerprint density at radius 2 is 2.00 bits per heavy atom. The van der Waals surface area contributed by atoms with Crippen LogP contribution in [-0.2, 0) is 4.79 Å². The van der Waals surface area contributed by atoms with Crippen LogP contribution in [0.25, 0.3) is 0 Å². The van der Waals surface area contributed by atoms with Gasteiger partial charge in [-0.3, -0.25) is 4.79 Å². The van der Waals surface area contributed by atoms with Crippen molar-refractivity contribution >= 4 is 5.78 Å². The molecule has 0 radical (unpaired) electrons. The van der Waals surface area contributed by atoms with Gasteiger partial charge in [-0.05, 0) is 19.0 Å². The molecule has 0 aliphatic rings. The molecule has 0 N–H and O–H groups in total. The Morgan fingerprint density at radius 3 is 2.36 bits per heavy atom. The second kappa shape index (κ2) is 5.94. The molecule has 0 amide bonds. The Labute approximate surface area is 68.6 Å². The van der Waals surface area contributed by atoms with Gasteiger partial charge in [-0.1, -0.05) is 13.8 Å². The normalized spacial score (nSPS) is 9.64. The molecule has 0 bridgehead atoms. The summed E-state index contributed by atoms with van der Waals surface area (Å²) in [5, 5.41) is 0. The molecule has 2 nitrogen and oxygen atoms in total. The highest BCUT2D eigenvalue weighted by atomic mass is 16.1. The number of terminal acetylenes is 1. The zero-order valence-corrected chi connectivity index (χ0v) is 7.26. The minimum absolute atomic E-state index is 0.100. The molecule has 2 heteroatoms. The number of carbonyl (C=O) groups excluding carboxylic acids is 1. The third-order valence-corrected chi connectivity index (χ3v) is 1.71. The van der Waals surface area contributed by atoms with Crippen LogP contribution in [0.2, 0.25) is 0 Å². The van der Waals surface area contributed by atoms with Crippen molar-refractivity contribution in [1.82, 2.24) is 4.90 Å². The quantitative estimate of drug-likeness (QED) is 0.432. The molecule has 0 rings (SSSR count). The van der Waals surface area contributed by atoms with Crippen molar-refractivity contribution in [2.75, 3.05) is 19.6 Å². The van der Waals surface area contributed by atoms with E-state index in [1.54, 1.807) is 0 Å². The van der Waals surface area contributed by atoms with Crippen LogP contribution in [0, 0.1) is 12.3 Å². The fraction of sp³-hybridized carbons (Fsp3) is 0.667. The van der Waals surface area contributed by atoms with Gasteiger partial charge in [-0.2, -0.15) is 0 Å². The summed E-state index contributed by atoms with van der Waals surface area (Å²) in [6, 6.07) is 0. The second-order valence-electron chi connectivity index (χ2n) is 2.34. The third kappa shape index (κ3) is 4.58. The van der Waals surface area contributed by atoms with E-state index in [2.05, 4.69) is 24.7 Å². The zero-order valence-electron chi connectivity index (χ0n) is 7.26. The SMILES string of the molecule is C#CC(=O)CCN(CC)CC. The van der Waals surface area contributed by atoms with Crippen LogP contribution in [0.5, 0.6) is 0 Å². The Bertz CT molecular complexity index is 153. The summed E-state index contributed by atoms with van der Waals surface area (Å²) in [7, 11) is 0. The van der Waals surface area contributed by atoms with Crippen molar-refractivity contribution in [3.8, 4) is 12.3 Å². The van der Waals surface area contributed by atoms with Crippen LogP contribution in [-0.4, -0.2) is 30.3 Å². The summed E-state index contributed by atoms with van der Waals surface area (Å²) in [5.74, 6) is 2.00. The van der Waals surface area contributed by atoms with Crippen LogP contribution >= 0.6 is 0 Å². The van der Waals surface area contributed by atoms with Crippen LogP contribution in [0.15, 0.2) is 0 Å². The molecule has 0 saturated carbocycles. The maximum absolute atomic E-state index is 10.7. The molecule has 0 unspecified atom stereocenters. The van der Waals surface area contributed by atoms with E-state index >= 15 is 0 Å². The Balaban J connectivity index is 3.52. The first-order valence-electron chi connectivity index (χ1n) is 3.96. The minimum atomic E-state index is -0.100. The molecule has 0 atom stereocenters. The van der Waals surface area contributed by atoms with Crippen molar-refractivity contribution in [3.05, 3.63) is 0 Å². The highest BCUT2D eigenvalue weighted by Crippen LogP contribution is 1.90. The summed E-state index contributed by atoms with van der Waals surface area (Å²) in [4.78, 5) is 12.9. The Morgan fingerprint density at radius 1 is 1.45 bits per heavy atom. The molecule has 0 aromatic heterocycles. The summed E-state index contributed by atoms with van der Waals surface area (Å²) >= 11 is 0. The van der Waals surface area contributed by atoms with E-state index in [1.807, 2.05) is 0 Å². The van der Waals surface area contributed by atoms with E-state index in [0.717, 1.165) is 19.6 Å². The molecular weight excluding hydrogens is 138 g/mol. The van der Waals surface area contributed by atoms with Gasteiger partial charge < -0.3 is 4.90 Å². The third-order valence-electron chi connectivity index (χ3n) is 1.71. The van der Waals surface area contributed by atoms with E-state index in [1.165, 1.54) is 0 Å². The highest BCUT2D eigenvalue weighted by molar-refractivity contribution is 5.94. The van der Waals surface area contributed by atoms with Gasteiger partial charge in [-0.15, -0.1) is 6.42 Å². The lowest BCUT2D eigenvalue weighted by molar-refractivity contribution is -0.114. The van der Waals surface area contributed by atoms with Gasteiger partial charge in [0.05, 0.1) is 0 Å². The van der Waals surface area contributed by atoms with Crippen molar-refractivity contribution in [1.29, 1.82) is 0 Å². The molecule has 0 saturated heterocycles. The first-order chi connectivity index (χ1) is 5.24. The van der Waals surface area contributed by atoms with E-state index < -0.39 is 0 Å². The predicted molar refractivity (Wildman–Crippen MR) is 46.2 cm³/mol. The number of hydrogen-bond acceptors (Lipinski definition) is 2. The number of Topliss-reactive ketones (excluding diaryl/α,β-unsaturated/α-hetero) is 1. The number of hydrogen-bond donors (Lipinski definition) is 0. The van der Waals surface area contributed by atoms with Gasteiger partial charge in [-0.25, -0.2) is 0 Å². The van der Waals surface area contributed by atoms with E-state index in [-0.39, 0.29) is 5.78 Å². The van der Waals surface area contributed by atoms with E-state index in [9.17, 15) is 4.79 Å². The fourth-order valence-corrected chi connectivity index (χ4v) is 0.872. The van der Waals surface area contributed by atoms with Crippen molar-refractivity contribution in [3.63, 3.8) is 0 Å². The fourth-order valence-electron chi connectivity index (χ4n) is 0.872. The molecule has 0 fully saturated rings.